The summed E-state index contributed by atoms with van der Waals surface area (Å²) in [7, 11) is 1.65. The van der Waals surface area contributed by atoms with E-state index in [1.807, 2.05) is 24.3 Å². The SMILES string of the molecule is COCCOCCOc1ccc(CC(C)O)cc1. The van der Waals surface area contributed by atoms with Crippen molar-refractivity contribution in [2.24, 2.45) is 0 Å². The molecular weight excluding hydrogens is 232 g/mol. The Bertz CT molecular complexity index is 308. The van der Waals surface area contributed by atoms with Crippen molar-refractivity contribution in [3.8, 4) is 5.75 Å². The van der Waals surface area contributed by atoms with Crippen LogP contribution in [-0.2, 0) is 15.9 Å². The highest BCUT2D eigenvalue weighted by molar-refractivity contribution is 5.27. The van der Waals surface area contributed by atoms with E-state index in [-0.39, 0.29) is 6.10 Å². The van der Waals surface area contributed by atoms with Crippen LogP contribution in [0.3, 0.4) is 0 Å². The average molecular weight is 254 g/mol. The maximum atomic E-state index is 9.26. The van der Waals surface area contributed by atoms with Gasteiger partial charge in [-0.25, -0.2) is 0 Å². The van der Waals surface area contributed by atoms with Crippen molar-refractivity contribution in [3.63, 3.8) is 0 Å². The normalized spacial score (nSPS) is 12.4. The number of ether oxygens (including phenoxy) is 3. The quantitative estimate of drug-likeness (QED) is 0.681. The van der Waals surface area contributed by atoms with E-state index in [2.05, 4.69) is 0 Å². The van der Waals surface area contributed by atoms with Gasteiger partial charge < -0.3 is 19.3 Å². The second-order valence-corrected chi connectivity index (χ2v) is 4.15. The fraction of sp³-hybridized carbons (Fsp3) is 0.571. The van der Waals surface area contributed by atoms with Crippen molar-refractivity contribution in [1.29, 1.82) is 0 Å². The Labute approximate surface area is 108 Å². The lowest BCUT2D eigenvalue weighted by Crippen LogP contribution is -2.10. The van der Waals surface area contributed by atoms with Gasteiger partial charge in [-0.15, -0.1) is 0 Å². The third-order valence-corrected chi connectivity index (χ3v) is 2.38. The third kappa shape index (κ3) is 6.59. The molecule has 0 radical (unpaired) electrons. The van der Waals surface area contributed by atoms with Gasteiger partial charge in [-0.1, -0.05) is 12.1 Å². The van der Waals surface area contributed by atoms with Crippen LogP contribution in [0.5, 0.6) is 5.75 Å². The van der Waals surface area contributed by atoms with Crippen LogP contribution in [0.2, 0.25) is 0 Å². The van der Waals surface area contributed by atoms with E-state index in [4.69, 9.17) is 14.2 Å². The van der Waals surface area contributed by atoms with Gasteiger partial charge in [-0.05, 0) is 31.0 Å². The van der Waals surface area contributed by atoms with Gasteiger partial charge in [0.25, 0.3) is 0 Å². The molecule has 4 nitrogen and oxygen atoms in total. The van der Waals surface area contributed by atoms with Crippen molar-refractivity contribution in [2.75, 3.05) is 33.5 Å². The molecular formula is C14H22O4. The predicted molar refractivity (Wildman–Crippen MR) is 70.0 cm³/mol. The molecule has 0 aromatic heterocycles. The summed E-state index contributed by atoms with van der Waals surface area (Å²) >= 11 is 0. The van der Waals surface area contributed by atoms with E-state index in [9.17, 15) is 5.11 Å². The van der Waals surface area contributed by atoms with Gasteiger partial charge in [0.15, 0.2) is 0 Å². The zero-order chi connectivity index (χ0) is 13.2. The minimum Gasteiger partial charge on any atom is -0.491 e. The number of hydrogen-bond donors (Lipinski definition) is 1. The fourth-order valence-electron chi connectivity index (χ4n) is 1.53. The van der Waals surface area contributed by atoms with Crippen LogP contribution in [0.25, 0.3) is 0 Å². The van der Waals surface area contributed by atoms with E-state index < -0.39 is 0 Å². The maximum Gasteiger partial charge on any atom is 0.119 e. The summed E-state index contributed by atoms with van der Waals surface area (Å²) in [6.07, 6.45) is 0.353. The lowest BCUT2D eigenvalue weighted by atomic mass is 10.1. The summed E-state index contributed by atoms with van der Waals surface area (Å²) < 4.78 is 15.7. The molecule has 1 aromatic rings. The van der Waals surface area contributed by atoms with Crippen molar-refractivity contribution < 1.29 is 19.3 Å². The molecule has 18 heavy (non-hydrogen) atoms. The molecule has 0 amide bonds. The molecule has 4 heteroatoms. The molecule has 0 aliphatic rings. The molecule has 1 atom stereocenters. The number of hydrogen-bond acceptors (Lipinski definition) is 4. The highest BCUT2D eigenvalue weighted by atomic mass is 16.5. The zero-order valence-electron chi connectivity index (χ0n) is 11.1. The van der Waals surface area contributed by atoms with Crippen LogP contribution in [0, 0.1) is 0 Å². The standard InChI is InChI=1S/C14H22O4/c1-12(15)11-13-3-5-14(6-4-13)18-10-9-17-8-7-16-2/h3-6,12,15H,7-11H2,1-2H3. The van der Waals surface area contributed by atoms with E-state index in [0.717, 1.165) is 11.3 Å². The van der Waals surface area contributed by atoms with E-state index in [1.165, 1.54) is 0 Å². The van der Waals surface area contributed by atoms with E-state index in [0.29, 0.717) is 32.8 Å². The predicted octanol–water partition coefficient (Wildman–Crippen LogP) is 1.65. The number of aliphatic hydroxyl groups is 1. The topological polar surface area (TPSA) is 47.9 Å². The molecule has 0 bridgehead atoms. The average Bonchev–Trinajstić information content (AvgIpc) is 2.35. The lowest BCUT2D eigenvalue weighted by molar-refractivity contribution is 0.0544. The largest absolute Gasteiger partial charge is 0.491 e. The number of methoxy groups -OCH3 is 1. The first-order chi connectivity index (χ1) is 8.72. The molecule has 1 unspecified atom stereocenters. The first-order valence-electron chi connectivity index (χ1n) is 6.19. The molecule has 1 aromatic carbocycles. The monoisotopic (exact) mass is 254 g/mol. The summed E-state index contributed by atoms with van der Waals surface area (Å²) in [6.45, 7) is 4.06. The number of benzene rings is 1. The van der Waals surface area contributed by atoms with Crippen LogP contribution in [0.4, 0.5) is 0 Å². The Kier molecular flexibility index (Phi) is 7.41. The summed E-state index contributed by atoms with van der Waals surface area (Å²) in [5.41, 5.74) is 1.11. The van der Waals surface area contributed by atoms with Gasteiger partial charge in [-0.2, -0.15) is 0 Å². The summed E-state index contributed by atoms with van der Waals surface area (Å²) in [6, 6.07) is 7.75. The van der Waals surface area contributed by atoms with Crippen LogP contribution in [0.1, 0.15) is 12.5 Å². The van der Waals surface area contributed by atoms with Crippen molar-refractivity contribution in [2.45, 2.75) is 19.4 Å². The smallest absolute Gasteiger partial charge is 0.119 e. The minimum absolute atomic E-state index is 0.314. The van der Waals surface area contributed by atoms with Gasteiger partial charge in [0.2, 0.25) is 0 Å². The van der Waals surface area contributed by atoms with Gasteiger partial charge in [0.05, 0.1) is 25.9 Å². The summed E-state index contributed by atoms with van der Waals surface area (Å²) in [5.74, 6) is 0.819. The third-order valence-electron chi connectivity index (χ3n) is 2.38. The summed E-state index contributed by atoms with van der Waals surface area (Å²) in [5, 5.41) is 9.26. The number of aliphatic hydroxyl groups excluding tert-OH is 1. The summed E-state index contributed by atoms with van der Waals surface area (Å²) in [4.78, 5) is 0. The molecule has 0 saturated heterocycles. The maximum absolute atomic E-state index is 9.26. The van der Waals surface area contributed by atoms with Crippen molar-refractivity contribution in [1.82, 2.24) is 0 Å². The molecule has 0 aliphatic carbocycles. The van der Waals surface area contributed by atoms with E-state index >= 15 is 0 Å². The first-order valence-corrected chi connectivity index (χ1v) is 6.19. The molecule has 0 spiro atoms. The Morgan fingerprint density at radius 3 is 2.33 bits per heavy atom. The molecule has 0 aliphatic heterocycles. The van der Waals surface area contributed by atoms with Crippen LogP contribution in [0.15, 0.2) is 24.3 Å². The lowest BCUT2D eigenvalue weighted by Gasteiger charge is -2.08. The molecule has 0 fully saturated rings. The molecule has 0 saturated carbocycles. The first kappa shape index (κ1) is 15.0. The Morgan fingerprint density at radius 1 is 1.06 bits per heavy atom. The van der Waals surface area contributed by atoms with Gasteiger partial charge in [0.1, 0.15) is 12.4 Å². The zero-order valence-corrected chi connectivity index (χ0v) is 11.1. The highest BCUT2D eigenvalue weighted by Crippen LogP contribution is 2.13. The van der Waals surface area contributed by atoms with Crippen molar-refractivity contribution >= 4 is 0 Å². The highest BCUT2D eigenvalue weighted by Gasteiger charge is 1.99. The molecule has 1 rings (SSSR count). The Balaban J connectivity index is 2.18. The van der Waals surface area contributed by atoms with E-state index in [1.54, 1.807) is 14.0 Å². The second kappa shape index (κ2) is 8.91. The molecule has 0 heterocycles. The van der Waals surface area contributed by atoms with Crippen molar-refractivity contribution in [3.05, 3.63) is 29.8 Å². The van der Waals surface area contributed by atoms with Crippen LogP contribution < -0.4 is 4.74 Å². The fourth-order valence-corrected chi connectivity index (χ4v) is 1.53. The van der Waals surface area contributed by atoms with Gasteiger partial charge in [-0.3, -0.25) is 0 Å². The molecule has 1 N–H and O–H groups in total. The Morgan fingerprint density at radius 2 is 1.72 bits per heavy atom. The van der Waals surface area contributed by atoms with Crippen LogP contribution >= 0.6 is 0 Å². The molecule has 102 valence electrons. The van der Waals surface area contributed by atoms with Crippen LogP contribution in [-0.4, -0.2) is 44.7 Å². The van der Waals surface area contributed by atoms with Gasteiger partial charge >= 0.3 is 0 Å². The van der Waals surface area contributed by atoms with Gasteiger partial charge in [0, 0.05) is 7.11 Å². The number of rotatable bonds is 9. The minimum atomic E-state index is -0.314. The second-order valence-electron chi connectivity index (χ2n) is 4.15. The Hall–Kier alpha value is -1.10.